The molecule has 0 aromatic heterocycles. The Morgan fingerprint density at radius 2 is 2.05 bits per heavy atom. The highest BCUT2D eigenvalue weighted by Gasteiger charge is 2.14. The Morgan fingerprint density at radius 1 is 1.26 bits per heavy atom. The molecule has 19 heavy (non-hydrogen) atoms. The second-order valence-corrected chi connectivity index (χ2v) is 6.37. The van der Waals surface area contributed by atoms with Crippen LogP contribution in [-0.4, -0.2) is 5.91 Å². The largest absolute Gasteiger partial charge is 0.352 e. The van der Waals surface area contributed by atoms with Crippen molar-refractivity contribution < 1.29 is 4.79 Å². The number of carbonyl (C=O) groups excluding carboxylic acids is 1. The second kappa shape index (κ2) is 7.68. The maximum atomic E-state index is 11.8. The Bertz CT molecular complexity index is 413. The molecule has 0 radical (unpaired) electrons. The fourth-order valence-electron chi connectivity index (χ4n) is 2.75. The summed E-state index contributed by atoms with van der Waals surface area (Å²) in [5, 5.41) is 3.01. The smallest absolute Gasteiger partial charge is 0.220 e. The zero-order chi connectivity index (χ0) is 13.5. The predicted octanol–water partition coefficient (Wildman–Crippen LogP) is 4.43. The Balaban J connectivity index is 1.66. The van der Waals surface area contributed by atoms with Crippen molar-refractivity contribution in [2.24, 2.45) is 5.92 Å². The molecule has 104 valence electrons. The number of nitrogens with one attached hydrogen (secondary N) is 1. The molecule has 1 N–H and O–H groups in total. The molecule has 2 rings (SSSR count). The second-order valence-electron chi connectivity index (χ2n) is 5.45. The van der Waals surface area contributed by atoms with Gasteiger partial charge in [-0.25, -0.2) is 0 Å². The average molecular weight is 324 g/mol. The summed E-state index contributed by atoms with van der Waals surface area (Å²) in [7, 11) is 0. The first kappa shape index (κ1) is 14.6. The standard InChI is InChI=1S/C16H22BrNO/c17-15-8-4-7-14(11-15)12-18-16(19)10-9-13-5-2-1-3-6-13/h4,7-8,11,13H,1-3,5-6,9-10,12H2,(H,18,19). The van der Waals surface area contributed by atoms with E-state index in [0.29, 0.717) is 13.0 Å². The first-order valence-corrected chi connectivity index (χ1v) is 8.04. The van der Waals surface area contributed by atoms with Gasteiger partial charge in [-0.1, -0.05) is 60.2 Å². The number of halogens is 1. The van der Waals surface area contributed by atoms with Gasteiger partial charge in [0.2, 0.25) is 5.91 Å². The van der Waals surface area contributed by atoms with Crippen molar-refractivity contribution in [1.29, 1.82) is 0 Å². The lowest BCUT2D eigenvalue weighted by Crippen LogP contribution is -2.23. The summed E-state index contributed by atoms with van der Waals surface area (Å²) in [6.45, 7) is 0.628. The van der Waals surface area contributed by atoms with Crippen LogP contribution in [-0.2, 0) is 11.3 Å². The van der Waals surface area contributed by atoms with Gasteiger partial charge in [-0.2, -0.15) is 0 Å². The first-order valence-electron chi connectivity index (χ1n) is 7.25. The molecule has 1 saturated carbocycles. The summed E-state index contributed by atoms with van der Waals surface area (Å²) in [5.41, 5.74) is 1.14. The van der Waals surface area contributed by atoms with E-state index in [9.17, 15) is 4.79 Å². The minimum Gasteiger partial charge on any atom is -0.352 e. The lowest BCUT2D eigenvalue weighted by Gasteiger charge is -2.20. The van der Waals surface area contributed by atoms with Crippen molar-refractivity contribution in [3.05, 3.63) is 34.3 Å². The molecule has 0 aliphatic heterocycles. The van der Waals surface area contributed by atoms with Gasteiger partial charge in [0.1, 0.15) is 0 Å². The Kier molecular flexibility index (Phi) is 5.90. The van der Waals surface area contributed by atoms with E-state index < -0.39 is 0 Å². The third-order valence-corrected chi connectivity index (χ3v) is 4.38. The first-order chi connectivity index (χ1) is 9.24. The average Bonchev–Trinajstić information content (AvgIpc) is 2.44. The molecule has 1 aliphatic carbocycles. The SMILES string of the molecule is O=C(CCC1CCCCC1)NCc1cccc(Br)c1. The van der Waals surface area contributed by atoms with Crippen molar-refractivity contribution in [3.8, 4) is 0 Å². The van der Waals surface area contributed by atoms with E-state index in [-0.39, 0.29) is 5.91 Å². The number of hydrogen-bond acceptors (Lipinski definition) is 1. The van der Waals surface area contributed by atoms with E-state index >= 15 is 0 Å². The Labute approximate surface area is 124 Å². The number of hydrogen-bond donors (Lipinski definition) is 1. The molecule has 2 nitrogen and oxygen atoms in total. The minimum absolute atomic E-state index is 0.186. The Hall–Kier alpha value is -0.830. The third-order valence-electron chi connectivity index (χ3n) is 3.88. The fraction of sp³-hybridized carbons (Fsp3) is 0.562. The highest BCUT2D eigenvalue weighted by molar-refractivity contribution is 9.10. The van der Waals surface area contributed by atoms with Crippen LogP contribution in [0.1, 0.15) is 50.5 Å². The monoisotopic (exact) mass is 323 g/mol. The molecule has 1 fully saturated rings. The Morgan fingerprint density at radius 3 is 2.79 bits per heavy atom. The van der Waals surface area contributed by atoms with Crippen LogP contribution in [0.3, 0.4) is 0 Å². The van der Waals surface area contributed by atoms with Gasteiger partial charge in [0.15, 0.2) is 0 Å². The molecule has 0 spiro atoms. The van der Waals surface area contributed by atoms with Crippen LogP contribution in [0.15, 0.2) is 28.7 Å². The maximum Gasteiger partial charge on any atom is 0.220 e. The summed E-state index contributed by atoms with van der Waals surface area (Å²) in [6, 6.07) is 8.07. The molecular formula is C16H22BrNO. The van der Waals surface area contributed by atoms with Crippen LogP contribution >= 0.6 is 15.9 Å². The zero-order valence-corrected chi connectivity index (χ0v) is 12.9. The summed E-state index contributed by atoms with van der Waals surface area (Å²) in [4.78, 5) is 11.8. The molecule has 0 bridgehead atoms. The van der Waals surface area contributed by atoms with Gasteiger partial charge in [-0.3, -0.25) is 4.79 Å². The number of carbonyl (C=O) groups is 1. The van der Waals surface area contributed by atoms with Crippen molar-refractivity contribution in [3.63, 3.8) is 0 Å². The van der Waals surface area contributed by atoms with E-state index in [0.717, 1.165) is 22.4 Å². The van der Waals surface area contributed by atoms with Gasteiger partial charge >= 0.3 is 0 Å². The molecule has 0 atom stereocenters. The van der Waals surface area contributed by atoms with E-state index in [2.05, 4.69) is 21.2 Å². The maximum absolute atomic E-state index is 11.8. The summed E-state index contributed by atoms with van der Waals surface area (Å²) < 4.78 is 1.06. The quantitative estimate of drug-likeness (QED) is 0.853. The molecule has 0 unspecified atom stereocenters. The van der Waals surface area contributed by atoms with Crippen molar-refractivity contribution in [2.45, 2.75) is 51.5 Å². The lowest BCUT2D eigenvalue weighted by atomic mass is 9.86. The van der Waals surface area contributed by atoms with Gasteiger partial charge in [-0.05, 0) is 30.0 Å². The van der Waals surface area contributed by atoms with Gasteiger partial charge in [0.05, 0.1) is 0 Å². The van der Waals surface area contributed by atoms with Crippen LogP contribution in [0.5, 0.6) is 0 Å². The van der Waals surface area contributed by atoms with Gasteiger partial charge in [0, 0.05) is 17.4 Å². The summed E-state index contributed by atoms with van der Waals surface area (Å²) in [6.07, 6.45) is 8.46. The summed E-state index contributed by atoms with van der Waals surface area (Å²) in [5.74, 6) is 0.968. The number of amides is 1. The number of benzene rings is 1. The molecule has 1 aromatic rings. The van der Waals surface area contributed by atoms with Gasteiger partial charge in [-0.15, -0.1) is 0 Å². The molecule has 1 aliphatic rings. The van der Waals surface area contributed by atoms with Crippen molar-refractivity contribution >= 4 is 21.8 Å². The molecule has 0 heterocycles. The molecule has 1 aromatic carbocycles. The third kappa shape index (κ3) is 5.35. The van der Waals surface area contributed by atoms with Gasteiger partial charge in [0.25, 0.3) is 0 Å². The lowest BCUT2D eigenvalue weighted by molar-refractivity contribution is -0.121. The van der Waals surface area contributed by atoms with Crippen molar-refractivity contribution in [2.75, 3.05) is 0 Å². The zero-order valence-electron chi connectivity index (χ0n) is 11.3. The highest BCUT2D eigenvalue weighted by Crippen LogP contribution is 2.27. The highest BCUT2D eigenvalue weighted by atomic mass is 79.9. The van der Waals surface area contributed by atoms with Crippen LogP contribution in [0.4, 0.5) is 0 Å². The van der Waals surface area contributed by atoms with Crippen molar-refractivity contribution in [1.82, 2.24) is 5.32 Å². The van der Waals surface area contributed by atoms with Crippen LogP contribution < -0.4 is 5.32 Å². The van der Waals surface area contributed by atoms with E-state index in [1.165, 1.54) is 32.1 Å². The van der Waals surface area contributed by atoms with Crippen LogP contribution in [0.2, 0.25) is 0 Å². The normalized spacial score (nSPS) is 16.3. The summed E-state index contributed by atoms with van der Waals surface area (Å²) >= 11 is 3.44. The molecular weight excluding hydrogens is 302 g/mol. The van der Waals surface area contributed by atoms with Gasteiger partial charge < -0.3 is 5.32 Å². The van der Waals surface area contributed by atoms with E-state index in [4.69, 9.17) is 0 Å². The van der Waals surface area contributed by atoms with Crippen LogP contribution in [0.25, 0.3) is 0 Å². The topological polar surface area (TPSA) is 29.1 Å². The molecule has 0 saturated heterocycles. The van der Waals surface area contributed by atoms with E-state index in [1.807, 2.05) is 24.3 Å². The van der Waals surface area contributed by atoms with Crippen LogP contribution in [0, 0.1) is 5.92 Å². The predicted molar refractivity (Wildman–Crippen MR) is 81.8 cm³/mol. The molecule has 3 heteroatoms. The van der Waals surface area contributed by atoms with E-state index in [1.54, 1.807) is 0 Å². The number of rotatable bonds is 5. The molecule has 1 amide bonds. The minimum atomic E-state index is 0.186. The fourth-order valence-corrected chi connectivity index (χ4v) is 3.19.